The fourth-order valence-electron chi connectivity index (χ4n) is 1.89. The van der Waals surface area contributed by atoms with Gasteiger partial charge in [0.15, 0.2) is 5.91 Å². The van der Waals surface area contributed by atoms with Crippen LogP contribution in [0.25, 0.3) is 0 Å². The number of nitrogens with zero attached hydrogens (tertiary/aromatic N) is 2. The van der Waals surface area contributed by atoms with Crippen LogP contribution in [-0.4, -0.2) is 69.7 Å². The third kappa shape index (κ3) is 6.65. The van der Waals surface area contributed by atoms with Crippen molar-refractivity contribution < 1.29 is 0 Å². The van der Waals surface area contributed by atoms with Crippen molar-refractivity contribution in [1.82, 2.24) is 31.3 Å². The molecule has 0 saturated carbocycles. The lowest BCUT2D eigenvalue weighted by atomic mass is 10.4. The summed E-state index contributed by atoms with van der Waals surface area (Å²) in [5.74, 6) is -0.394. The van der Waals surface area contributed by atoms with E-state index in [9.17, 15) is 0 Å². The summed E-state index contributed by atoms with van der Waals surface area (Å²) in [4.78, 5) is 2.15. The molecule has 1 unspecified atom stereocenters. The van der Waals surface area contributed by atoms with Crippen LogP contribution in [0.1, 0.15) is 27.2 Å². The zero-order valence-electron chi connectivity index (χ0n) is 13.6. The molecule has 0 fully saturated rings. The van der Waals surface area contributed by atoms with E-state index in [4.69, 9.17) is 0 Å². The van der Waals surface area contributed by atoms with E-state index in [0.29, 0.717) is 0 Å². The maximum Gasteiger partial charge on any atom is 0.196 e. The second kappa shape index (κ2) is 10.5. The van der Waals surface area contributed by atoms with E-state index in [1.807, 2.05) is 7.05 Å². The molecule has 0 aliphatic rings. The van der Waals surface area contributed by atoms with E-state index in [0.717, 1.165) is 39.1 Å². The fourth-order valence-corrected chi connectivity index (χ4v) is 1.89. The largest absolute Gasteiger partial charge is 0.318 e. The number of hydrogen-bond acceptors (Lipinski definition) is 6. The standard InChI is InChI=1S/C13H34N6/c1-7-10-16-13(15-8-2,18(5)6)17-19(9-3)12-11-14-4/h14-17H,7-12H2,1-6H3. The van der Waals surface area contributed by atoms with Gasteiger partial charge in [-0.25, -0.2) is 10.4 Å². The maximum atomic E-state index is 3.58. The number of hydrogen-bond donors (Lipinski definition) is 4. The lowest BCUT2D eigenvalue weighted by Gasteiger charge is -2.45. The van der Waals surface area contributed by atoms with Gasteiger partial charge in [-0.15, -0.1) is 0 Å². The van der Waals surface area contributed by atoms with Crippen molar-refractivity contribution in [2.24, 2.45) is 0 Å². The molecule has 1 atom stereocenters. The smallest absolute Gasteiger partial charge is 0.196 e. The van der Waals surface area contributed by atoms with Crippen LogP contribution in [0.3, 0.4) is 0 Å². The summed E-state index contributed by atoms with van der Waals surface area (Å²) in [6, 6.07) is 0. The van der Waals surface area contributed by atoms with Crippen molar-refractivity contribution in [1.29, 1.82) is 0 Å². The Bertz CT molecular complexity index is 211. The van der Waals surface area contributed by atoms with Crippen LogP contribution in [0.15, 0.2) is 0 Å². The molecule has 0 amide bonds. The molecule has 6 nitrogen and oxygen atoms in total. The monoisotopic (exact) mass is 274 g/mol. The number of rotatable bonds is 12. The summed E-state index contributed by atoms with van der Waals surface area (Å²) in [6.07, 6.45) is 1.10. The molecule has 0 rings (SSSR count). The molecule has 0 aromatic rings. The first-order valence-corrected chi connectivity index (χ1v) is 7.41. The Kier molecular flexibility index (Phi) is 10.4. The van der Waals surface area contributed by atoms with Gasteiger partial charge in [-0.05, 0) is 40.7 Å². The highest BCUT2D eigenvalue weighted by Crippen LogP contribution is 2.02. The first-order chi connectivity index (χ1) is 9.06. The normalized spacial score (nSPS) is 15.2. The molecule has 0 aromatic carbocycles. The van der Waals surface area contributed by atoms with Crippen LogP contribution < -0.4 is 21.4 Å². The molecule has 0 spiro atoms. The van der Waals surface area contributed by atoms with Crippen LogP contribution in [0.5, 0.6) is 0 Å². The Morgan fingerprint density at radius 3 is 2.11 bits per heavy atom. The van der Waals surface area contributed by atoms with Crippen molar-refractivity contribution >= 4 is 0 Å². The summed E-state index contributed by atoms with van der Waals surface area (Å²) in [7, 11) is 6.13. The Hall–Kier alpha value is -0.240. The Labute approximate surface area is 119 Å². The van der Waals surface area contributed by atoms with E-state index >= 15 is 0 Å². The minimum atomic E-state index is -0.394. The molecule has 0 heterocycles. The molecule has 0 bridgehead atoms. The summed E-state index contributed by atoms with van der Waals surface area (Å²) in [5.41, 5.74) is 3.58. The molecule has 116 valence electrons. The van der Waals surface area contributed by atoms with Crippen LogP contribution in [-0.2, 0) is 0 Å². The molecule has 0 aromatic heterocycles. The summed E-state index contributed by atoms with van der Waals surface area (Å²) < 4.78 is 0. The van der Waals surface area contributed by atoms with E-state index in [1.54, 1.807) is 0 Å². The second-order valence-corrected chi connectivity index (χ2v) is 4.86. The van der Waals surface area contributed by atoms with Crippen molar-refractivity contribution in [3.05, 3.63) is 0 Å². The topological polar surface area (TPSA) is 54.6 Å². The Morgan fingerprint density at radius 2 is 1.68 bits per heavy atom. The number of hydrazine groups is 1. The molecule has 0 radical (unpaired) electrons. The first-order valence-electron chi connectivity index (χ1n) is 7.41. The third-order valence-corrected chi connectivity index (χ3v) is 3.07. The second-order valence-electron chi connectivity index (χ2n) is 4.86. The van der Waals surface area contributed by atoms with Gasteiger partial charge in [-0.3, -0.25) is 15.5 Å². The molecule has 0 aliphatic carbocycles. The van der Waals surface area contributed by atoms with Gasteiger partial charge < -0.3 is 5.32 Å². The van der Waals surface area contributed by atoms with Gasteiger partial charge in [-0.2, -0.15) is 0 Å². The van der Waals surface area contributed by atoms with E-state index in [1.165, 1.54) is 0 Å². The van der Waals surface area contributed by atoms with E-state index in [2.05, 4.69) is 66.2 Å². The van der Waals surface area contributed by atoms with Gasteiger partial charge in [0.1, 0.15) is 0 Å². The van der Waals surface area contributed by atoms with Crippen molar-refractivity contribution in [2.75, 3.05) is 53.9 Å². The van der Waals surface area contributed by atoms with Gasteiger partial charge >= 0.3 is 0 Å². The fraction of sp³-hybridized carbons (Fsp3) is 1.00. The predicted octanol–water partition coefficient (Wildman–Crippen LogP) is -0.186. The Balaban J connectivity index is 4.76. The van der Waals surface area contributed by atoms with Crippen LogP contribution >= 0.6 is 0 Å². The molecular formula is C13H34N6. The van der Waals surface area contributed by atoms with Gasteiger partial charge in [0, 0.05) is 19.6 Å². The van der Waals surface area contributed by atoms with Crippen LogP contribution in [0, 0.1) is 0 Å². The van der Waals surface area contributed by atoms with Gasteiger partial charge in [0.05, 0.1) is 0 Å². The highest BCUT2D eigenvalue weighted by molar-refractivity contribution is 4.79. The minimum Gasteiger partial charge on any atom is -0.318 e. The zero-order chi connectivity index (χ0) is 14.7. The molecule has 0 saturated heterocycles. The lowest BCUT2D eigenvalue weighted by molar-refractivity contribution is -0.0404. The summed E-state index contributed by atoms with van der Waals surface area (Å²) >= 11 is 0. The summed E-state index contributed by atoms with van der Waals surface area (Å²) in [5, 5.41) is 12.5. The molecule has 6 heteroatoms. The Morgan fingerprint density at radius 1 is 1.00 bits per heavy atom. The van der Waals surface area contributed by atoms with Gasteiger partial charge in [-0.1, -0.05) is 20.8 Å². The zero-order valence-corrected chi connectivity index (χ0v) is 13.6. The van der Waals surface area contributed by atoms with Crippen molar-refractivity contribution in [2.45, 2.75) is 33.1 Å². The van der Waals surface area contributed by atoms with Gasteiger partial charge in [0.2, 0.25) is 0 Å². The van der Waals surface area contributed by atoms with Crippen molar-refractivity contribution in [3.8, 4) is 0 Å². The lowest BCUT2D eigenvalue weighted by Crippen LogP contribution is -2.77. The highest BCUT2D eigenvalue weighted by Gasteiger charge is 2.32. The van der Waals surface area contributed by atoms with Crippen LogP contribution in [0.2, 0.25) is 0 Å². The minimum absolute atomic E-state index is 0.394. The highest BCUT2D eigenvalue weighted by atomic mass is 15.7. The first kappa shape index (κ1) is 18.8. The maximum absolute atomic E-state index is 3.58. The quantitative estimate of drug-likeness (QED) is 0.292. The number of nitrogens with one attached hydrogen (secondary N) is 4. The molecule has 0 aliphatic heterocycles. The predicted molar refractivity (Wildman–Crippen MR) is 82.7 cm³/mol. The molecule has 4 N–H and O–H groups in total. The van der Waals surface area contributed by atoms with E-state index < -0.39 is 5.91 Å². The van der Waals surface area contributed by atoms with Crippen molar-refractivity contribution in [3.63, 3.8) is 0 Å². The molecular weight excluding hydrogens is 240 g/mol. The van der Waals surface area contributed by atoms with Gasteiger partial charge in [0.25, 0.3) is 0 Å². The van der Waals surface area contributed by atoms with Crippen LogP contribution in [0.4, 0.5) is 0 Å². The average molecular weight is 274 g/mol. The van der Waals surface area contributed by atoms with E-state index in [-0.39, 0.29) is 0 Å². The summed E-state index contributed by atoms with van der Waals surface area (Å²) in [6.45, 7) is 11.2. The number of likely N-dealkylation sites (N-methyl/N-ethyl adjacent to an activating group) is 2. The molecule has 19 heavy (non-hydrogen) atoms. The average Bonchev–Trinajstić information content (AvgIpc) is 2.40. The SMILES string of the molecule is CCCNC(NCC)(NN(CC)CCNC)N(C)C. The third-order valence-electron chi connectivity index (χ3n) is 3.07.